The summed E-state index contributed by atoms with van der Waals surface area (Å²) >= 11 is 11.8. The first kappa shape index (κ1) is 17.8. The van der Waals surface area contributed by atoms with Crippen LogP contribution in [0.5, 0.6) is 0 Å². The first-order valence-electron chi connectivity index (χ1n) is 8.27. The lowest BCUT2D eigenvalue weighted by atomic mass is 10.1. The second kappa shape index (κ2) is 8.37. The molecule has 1 saturated heterocycles. The Hall–Kier alpha value is -2.04. The molecule has 6 heteroatoms. The van der Waals surface area contributed by atoms with E-state index >= 15 is 0 Å². The minimum absolute atomic E-state index is 0.334. The van der Waals surface area contributed by atoms with E-state index in [0.717, 1.165) is 18.7 Å². The predicted molar refractivity (Wildman–Crippen MR) is 104 cm³/mol. The molecule has 1 N–H and O–H groups in total. The number of benzene rings is 2. The molecule has 0 aromatic heterocycles. The molecule has 1 amide bonds. The minimum atomic E-state index is -0.334. The van der Waals surface area contributed by atoms with Gasteiger partial charge in [-0.2, -0.15) is 5.10 Å². The number of amides is 1. The summed E-state index contributed by atoms with van der Waals surface area (Å²) in [5.74, 6) is -0.334. The molecule has 0 saturated carbocycles. The second-order valence-electron chi connectivity index (χ2n) is 5.97. The maximum Gasteiger partial charge on any atom is 0.271 e. The number of carbonyl (C=O) groups is 1. The number of anilines is 1. The average molecular weight is 376 g/mol. The maximum atomic E-state index is 12.0. The molecule has 0 spiro atoms. The van der Waals surface area contributed by atoms with E-state index in [0.29, 0.717) is 15.6 Å². The van der Waals surface area contributed by atoms with Crippen LogP contribution in [0.15, 0.2) is 47.6 Å². The molecule has 130 valence electrons. The Morgan fingerprint density at radius 3 is 2.40 bits per heavy atom. The van der Waals surface area contributed by atoms with Gasteiger partial charge in [0.05, 0.1) is 16.3 Å². The van der Waals surface area contributed by atoms with E-state index < -0.39 is 0 Å². The fraction of sp³-hybridized carbons (Fsp3) is 0.263. The molecule has 0 atom stereocenters. The van der Waals surface area contributed by atoms with Crippen molar-refractivity contribution in [3.8, 4) is 0 Å². The minimum Gasteiger partial charge on any atom is -0.372 e. The zero-order valence-electron chi connectivity index (χ0n) is 13.7. The van der Waals surface area contributed by atoms with Crippen LogP contribution in [0.2, 0.25) is 10.0 Å². The van der Waals surface area contributed by atoms with Gasteiger partial charge in [0.25, 0.3) is 5.91 Å². The largest absolute Gasteiger partial charge is 0.372 e. The van der Waals surface area contributed by atoms with Crippen molar-refractivity contribution in [3.05, 3.63) is 63.6 Å². The standard InChI is InChI=1S/C19H19Cl2N3O/c20-17-9-6-15(12-18(17)21)19(25)23-22-13-14-4-7-16(8-5-14)24-10-2-1-3-11-24/h4-9,12-13H,1-3,10-11H2,(H,23,25)/b22-13+. The van der Waals surface area contributed by atoms with Gasteiger partial charge in [-0.05, 0) is 55.2 Å². The third kappa shape index (κ3) is 4.74. The normalized spacial score (nSPS) is 14.7. The molecular formula is C19H19Cl2N3O. The number of nitrogens with one attached hydrogen (secondary N) is 1. The third-order valence-electron chi connectivity index (χ3n) is 4.18. The number of piperidine rings is 1. The zero-order chi connectivity index (χ0) is 17.6. The van der Waals surface area contributed by atoms with Crippen LogP contribution in [0.1, 0.15) is 35.2 Å². The van der Waals surface area contributed by atoms with Crippen molar-refractivity contribution in [1.82, 2.24) is 5.43 Å². The van der Waals surface area contributed by atoms with Crippen LogP contribution in [0.25, 0.3) is 0 Å². The summed E-state index contributed by atoms with van der Waals surface area (Å²) < 4.78 is 0. The van der Waals surface area contributed by atoms with Crippen LogP contribution in [0, 0.1) is 0 Å². The van der Waals surface area contributed by atoms with E-state index in [-0.39, 0.29) is 5.91 Å². The molecule has 0 aliphatic carbocycles. The molecule has 4 nitrogen and oxygen atoms in total. The fourth-order valence-corrected chi connectivity index (χ4v) is 3.09. The van der Waals surface area contributed by atoms with Crippen molar-refractivity contribution < 1.29 is 4.79 Å². The zero-order valence-corrected chi connectivity index (χ0v) is 15.2. The molecule has 1 aliphatic heterocycles. The molecule has 3 rings (SSSR count). The highest BCUT2D eigenvalue weighted by atomic mass is 35.5. The highest BCUT2D eigenvalue weighted by Gasteiger charge is 2.10. The number of hydrazone groups is 1. The van der Waals surface area contributed by atoms with Crippen molar-refractivity contribution in [3.63, 3.8) is 0 Å². The molecule has 0 bridgehead atoms. The topological polar surface area (TPSA) is 44.7 Å². The number of hydrogen-bond donors (Lipinski definition) is 1. The number of halogens is 2. The van der Waals surface area contributed by atoms with Gasteiger partial charge in [-0.15, -0.1) is 0 Å². The predicted octanol–water partition coefficient (Wildman–Crippen LogP) is 4.75. The Kier molecular flexibility index (Phi) is 5.95. The van der Waals surface area contributed by atoms with Crippen molar-refractivity contribution in [2.45, 2.75) is 19.3 Å². The summed E-state index contributed by atoms with van der Waals surface area (Å²) in [4.78, 5) is 14.4. The van der Waals surface area contributed by atoms with E-state index in [1.165, 1.54) is 31.0 Å². The van der Waals surface area contributed by atoms with Gasteiger partial charge in [-0.25, -0.2) is 5.43 Å². The Labute approximate surface area is 157 Å². The van der Waals surface area contributed by atoms with E-state index in [4.69, 9.17) is 23.2 Å². The lowest BCUT2D eigenvalue weighted by Gasteiger charge is -2.28. The SMILES string of the molecule is O=C(N/N=C/c1ccc(N2CCCCC2)cc1)c1ccc(Cl)c(Cl)c1. The molecule has 1 fully saturated rings. The van der Waals surface area contributed by atoms with E-state index in [1.54, 1.807) is 18.3 Å². The molecule has 2 aromatic rings. The first-order chi connectivity index (χ1) is 12.1. The lowest BCUT2D eigenvalue weighted by Crippen LogP contribution is -2.29. The van der Waals surface area contributed by atoms with Crippen LogP contribution >= 0.6 is 23.2 Å². The van der Waals surface area contributed by atoms with E-state index in [9.17, 15) is 4.79 Å². The van der Waals surface area contributed by atoms with Crippen molar-refractivity contribution in [2.75, 3.05) is 18.0 Å². The Balaban J connectivity index is 1.58. The quantitative estimate of drug-likeness (QED) is 0.618. The van der Waals surface area contributed by atoms with Gasteiger partial charge in [0, 0.05) is 24.3 Å². The van der Waals surface area contributed by atoms with Crippen LogP contribution in [0.4, 0.5) is 5.69 Å². The Morgan fingerprint density at radius 2 is 1.72 bits per heavy atom. The van der Waals surface area contributed by atoms with Gasteiger partial charge in [0.1, 0.15) is 0 Å². The number of carbonyl (C=O) groups excluding carboxylic acids is 1. The summed E-state index contributed by atoms with van der Waals surface area (Å²) in [7, 11) is 0. The number of hydrogen-bond acceptors (Lipinski definition) is 3. The molecule has 0 unspecified atom stereocenters. The highest BCUT2D eigenvalue weighted by Crippen LogP contribution is 2.22. The van der Waals surface area contributed by atoms with Gasteiger partial charge < -0.3 is 4.90 Å². The molecule has 1 aliphatic rings. The summed E-state index contributed by atoms with van der Waals surface area (Å²) in [5.41, 5.74) is 5.06. The maximum absolute atomic E-state index is 12.0. The van der Waals surface area contributed by atoms with Gasteiger partial charge in [-0.3, -0.25) is 4.79 Å². The molecule has 25 heavy (non-hydrogen) atoms. The smallest absolute Gasteiger partial charge is 0.271 e. The van der Waals surface area contributed by atoms with Crippen molar-refractivity contribution >= 4 is 41.0 Å². The van der Waals surface area contributed by atoms with Crippen LogP contribution < -0.4 is 10.3 Å². The van der Waals surface area contributed by atoms with Crippen molar-refractivity contribution in [2.24, 2.45) is 5.10 Å². The van der Waals surface area contributed by atoms with Gasteiger partial charge in [0.15, 0.2) is 0 Å². The van der Waals surface area contributed by atoms with Crippen molar-refractivity contribution in [1.29, 1.82) is 0 Å². The lowest BCUT2D eigenvalue weighted by molar-refractivity contribution is 0.0955. The average Bonchev–Trinajstić information content (AvgIpc) is 2.65. The summed E-state index contributed by atoms with van der Waals surface area (Å²) in [6, 6.07) is 12.9. The third-order valence-corrected chi connectivity index (χ3v) is 4.91. The van der Waals surface area contributed by atoms with E-state index in [1.807, 2.05) is 12.1 Å². The summed E-state index contributed by atoms with van der Waals surface area (Å²) in [6.07, 6.45) is 5.45. The molecule has 0 radical (unpaired) electrons. The summed E-state index contributed by atoms with van der Waals surface area (Å²) in [5, 5.41) is 4.75. The molecular weight excluding hydrogens is 357 g/mol. The van der Waals surface area contributed by atoms with Gasteiger partial charge >= 0.3 is 0 Å². The monoisotopic (exact) mass is 375 g/mol. The number of rotatable bonds is 4. The Bertz CT molecular complexity index is 769. The summed E-state index contributed by atoms with van der Waals surface area (Å²) in [6.45, 7) is 2.24. The van der Waals surface area contributed by atoms with Gasteiger partial charge in [-0.1, -0.05) is 35.3 Å². The fourth-order valence-electron chi connectivity index (χ4n) is 2.79. The second-order valence-corrected chi connectivity index (χ2v) is 6.78. The molecule has 2 aromatic carbocycles. The highest BCUT2D eigenvalue weighted by molar-refractivity contribution is 6.42. The van der Waals surface area contributed by atoms with Gasteiger partial charge in [0.2, 0.25) is 0 Å². The van der Waals surface area contributed by atoms with Crippen LogP contribution in [-0.4, -0.2) is 25.2 Å². The first-order valence-corrected chi connectivity index (χ1v) is 9.02. The van der Waals surface area contributed by atoms with Crippen LogP contribution in [-0.2, 0) is 0 Å². The number of nitrogens with zero attached hydrogens (tertiary/aromatic N) is 2. The van der Waals surface area contributed by atoms with E-state index in [2.05, 4.69) is 27.6 Å². The molecule has 1 heterocycles. The Morgan fingerprint density at radius 1 is 1.00 bits per heavy atom. The van der Waals surface area contributed by atoms with Crippen LogP contribution in [0.3, 0.4) is 0 Å².